The van der Waals surface area contributed by atoms with Crippen LogP contribution in [0.5, 0.6) is 0 Å². The fraction of sp³-hybridized carbons (Fsp3) is 0.0952. The van der Waals surface area contributed by atoms with E-state index in [9.17, 15) is 0 Å². The van der Waals surface area contributed by atoms with Crippen LogP contribution >= 0.6 is 35.4 Å². The van der Waals surface area contributed by atoms with Crippen LogP contribution in [0.3, 0.4) is 0 Å². The summed E-state index contributed by atoms with van der Waals surface area (Å²) in [7, 11) is 0. The molecule has 0 saturated heterocycles. The molecule has 2 heterocycles. The Morgan fingerprint density at radius 2 is 1.73 bits per heavy atom. The Morgan fingerprint density at radius 1 is 0.933 bits per heavy atom. The molecule has 2 aromatic carbocycles. The summed E-state index contributed by atoms with van der Waals surface area (Å²) in [6.45, 7) is 1.23. The number of nitrogens with zero attached hydrogens (tertiary/aromatic N) is 4. The Balaban J connectivity index is 1.32. The molecule has 9 heteroatoms. The first-order chi connectivity index (χ1) is 14.5. The molecule has 0 saturated carbocycles. The first-order valence-corrected chi connectivity index (χ1v) is 10.3. The Bertz CT molecular complexity index is 1150. The van der Waals surface area contributed by atoms with Crippen molar-refractivity contribution >= 4 is 52.0 Å². The van der Waals surface area contributed by atoms with Crippen molar-refractivity contribution in [2.45, 2.75) is 13.1 Å². The topological polar surface area (TPSA) is 59.7 Å². The van der Waals surface area contributed by atoms with Crippen LogP contribution in [-0.4, -0.2) is 24.7 Å². The average molecular weight is 457 g/mol. The number of hydrogen-bond donors (Lipinski definition) is 2. The van der Waals surface area contributed by atoms with E-state index in [1.54, 1.807) is 10.9 Å². The Labute approximate surface area is 189 Å². The van der Waals surface area contributed by atoms with Crippen molar-refractivity contribution in [1.82, 2.24) is 19.6 Å². The summed E-state index contributed by atoms with van der Waals surface area (Å²) in [5, 5.41) is 16.9. The third-order valence-electron chi connectivity index (χ3n) is 4.32. The van der Waals surface area contributed by atoms with Gasteiger partial charge in [-0.25, -0.2) is 0 Å². The highest BCUT2D eigenvalue weighted by Gasteiger charge is 2.06. The van der Waals surface area contributed by atoms with Crippen LogP contribution in [0.1, 0.15) is 11.1 Å². The molecule has 2 aromatic heterocycles. The molecule has 4 rings (SSSR count). The molecule has 0 atom stereocenters. The molecule has 0 aliphatic rings. The summed E-state index contributed by atoms with van der Waals surface area (Å²) in [6, 6.07) is 17.2. The van der Waals surface area contributed by atoms with E-state index in [1.165, 1.54) is 0 Å². The summed E-state index contributed by atoms with van der Waals surface area (Å²) < 4.78 is 3.63. The molecule has 152 valence electrons. The van der Waals surface area contributed by atoms with Crippen molar-refractivity contribution in [3.63, 3.8) is 0 Å². The lowest BCUT2D eigenvalue weighted by molar-refractivity contribution is 0.687. The van der Waals surface area contributed by atoms with Crippen LogP contribution in [0, 0.1) is 0 Å². The minimum absolute atomic E-state index is 0.434. The van der Waals surface area contributed by atoms with Crippen LogP contribution in [-0.2, 0) is 13.1 Å². The molecule has 30 heavy (non-hydrogen) atoms. The average Bonchev–Trinajstić information content (AvgIpc) is 3.35. The van der Waals surface area contributed by atoms with Gasteiger partial charge >= 0.3 is 0 Å². The van der Waals surface area contributed by atoms with Gasteiger partial charge in [-0.1, -0.05) is 53.5 Å². The van der Waals surface area contributed by atoms with E-state index in [4.69, 9.17) is 35.4 Å². The number of benzene rings is 2. The molecule has 6 nitrogen and oxygen atoms in total. The van der Waals surface area contributed by atoms with Crippen LogP contribution in [0.15, 0.2) is 73.2 Å². The zero-order chi connectivity index (χ0) is 20.9. The largest absolute Gasteiger partial charge is 0.330 e. The van der Waals surface area contributed by atoms with Crippen molar-refractivity contribution in [3.05, 3.63) is 94.4 Å². The van der Waals surface area contributed by atoms with Crippen molar-refractivity contribution in [3.8, 4) is 0 Å². The van der Waals surface area contributed by atoms with Crippen molar-refractivity contribution in [2.75, 3.05) is 10.6 Å². The van der Waals surface area contributed by atoms with Gasteiger partial charge in [-0.05, 0) is 41.5 Å². The quantitative estimate of drug-likeness (QED) is 0.385. The van der Waals surface area contributed by atoms with Gasteiger partial charge in [0.1, 0.15) is 0 Å². The van der Waals surface area contributed by atoms with Gasteiger partial charge < -0.3 is 10.6 Å². The second-order valence-electron chi connectivity index (χ2n) is 6.62. The molecule has 0 aliphatic heterocycles. The predicted octanol–water partition coefficient (Wildman–Crippen LogP) is 5.29. The summed E-state index contributed by atoms with van der Waals surface area (Å²) in [5.74, 6) is 0.646. The minimum Gasteiger partial charge on any atom is -0.330 e. The van der Waals surface area contributed by atoms with Gasteiger partial charge in [0.2, 0.25) is 0 Å². The van der Waals surface area contributed by atoms with E-state index in [2.05, 4.69) is 20.8 Å². The fourth-order valence-electron chi connectivity index (χ4n) is 2.89. The molecule has 0 unspecified atom stereocenters. The molecule has 0 aliphatic carbocycles. The molecule has 0 bridgehead atoms. The molecule has 4 aromatic rings. The Kier molecular flexibility index (Phi) is 6.32. The van der Waals surface area contributed by atoms with Crippen molar-refractivity contribution < 1.29 is 0 Å². The first-order valence-electron chi connectivity index (χ1n) is 9.17. The van der Waals surface area contributed by atoms with Crippen LogP contribution in [0.4, 0.5) is 11.5 Å². The van der Waals surface area contributed by atoms with Gasteiger partial charge in [0.05, 0.1) is 25.0 Å². The van der Waals surface area contributed by atoms with E-state index in [0.717, 1.165) is 21.8 Å². The highest BCUT2D eigenvalue weighted by molar-refractivity contribution is 7.80. The molecule has 2 N–H and O–H groups in total. The normalized spacial score (nSPS) is 10.7. The molecular formula is C21H18Cl2N6S. The zero-order valence-corrected chi connectivity index (χ0v) is 18.1. The standard InChI is InChI=1S/C21H18Cl2N6S/c22-17-7-5-15(6-8-17)12-29-14-18(11-24-29)25-21(30)26-20-9-10-28(27-20)13-16-3-1-2-4-19(16)23/h1-11,14H,12-13H2,(H2,25,26,27,30). The summed E-state index contributed by atoms with van der Waals surface area (Å²) in [4.78, 5) is 0. The van der Waals surface area contributed by atoms with E-state index in [1.807, 2.05) is 71.7 Å². The first kappa shape index (κ1) is 20.4. The van der Waals surface area contributed by atoms with Gasteiger partial charge in [0, 0.05) is 28.5 Å². The SMILES string of the molecule is S=C(Nc1cnn(Cc2ccc(Cl)cc2)c1)Nc1ccn(Cc2ccccc2Cl)n1. The smallest absolute Gasteiger partial charge is 0.176 e. The van der Waals surface area contributed by atoms with E-state index < -0.39 is 0 Å². The number of anilines is 2. The monoisotopic (exact) mass is 456 g/mol. The van der Waals surface area contributed by atoms with Gasteiger partial charge in [-0.3, -0.25) is 9.36 Å². The van der Waals surface area contributed by atoms with Crippen molar-refractivity contribution in [1.29, 1.82) is 0 Å². The molecule has 0 radical (unpaired) electrons. The third-order valence-corrected chi connectivity index (χ3v) is 5.15. The van der Waals surface area contributed by atoms with E-state index >= 15 is 0 Å². The van der Waals surface area contributed by atoms with Gasteiger partial charge in [-0.15, -0.1) is 0 Å². The lowest BCUT2D eigenvalue weighted by Crippen LogP contribution is -2.19. The van der Waals surface area contributed by atoms with Gasteiger partial charge in [0.25, 0.3) is 0 Å². The molecular weight excluding hydrogens is 439 g/mol. The third kappa shape index (κ3) is 5.38. The lowest BCUT2D eigenvalue weighted by atomic mass is 10.2. The van der Waals surface area contributed by atoms with Gasteiger partial charge in [0.15, 0.2) is 10.9 Å². The maximum atomic E-state index is 6.21. The maximum Gasteiger partial charge on any atom is 0.176 e. The second kappa shape index (κ2) is 9.30. The molecule has 0 fully saturated rings. The fourth-order valence-corrected chi connectivity index (χ4v) is 3.43. The minimum atomic E-state index is 0.434. The Hall–Kier alpha value is -2.87. The zero-order valence-electron chi connectivity index (χ0n) is 15.8. The Morgan fingerprint density at radius 3 is 2.53 bits per heavy atom. The van der Waals surface area contributed by atoms with Crippen molar-refractivity contribution in [2.24, 2.45) is 0 Å². The number of hydrogen-bond acceptors (Lipinski definition) is 3. The molecule has 0 spiro atoms. The lowest BCUT2D eigenvalue weighted by Gasteiger charge is -2.07. The predicted molar refractivity (Wildman–Crippen MR) is 125 cm³/mol. The van der Waals surface area contributed by atoms with Crippen LogP contribution < -0.4 is 10.6 Å². The van der Waals surface area contributed by atoms with Crippen LogP contribution in [0.25, 0.3) is 0 Å². The highest BCUT2D eigenvalue weighted by Crippen LogP contribution is 2.17. The van der Waals surface area contributed by atoms with Gasteiger partial charge in [-0.2, -0.15) is 10.2 Å². The number of aromatic nitrogens is 4. The van der Waals surface area contributed by atoms with E-state index in [-0.39, 0.29) is 0 Å². The number of nitrogens with one attached hydrogen (secondary N) is 2. The number of rotatable bonds is 6. The van der Waals surface area contributed by atoms with E-state index in [0.29, 0.717) is 29.0 Å². The summed E-state index contributed by atoms with van der Waals surface area (Å²) in [6.07, 6.45) is 5.48. The maximum absolute atomic E-state index is 6.21. The van der Waals surface area contributed by atoms with Crippen LogP contribution in [0.2, 0.25) is 10.0 Å². The molecule has 0 amide bonds. The second-order valence-corrected chi connectivity index (χ2v) is 7.87. The number of thiocarbonyl (C=S) groups is 1. The summed E-state index contributed by atoms with van der Waals surface area (Å²) >= 11 is 17.5. The highest BCUT2D eigenvalue weighted by atomic mass is 35.5. The summed E-state index contributed by atoms with van der Waals surface area (Å²) in [5.41, 5.74) is 2.90. The number of halogens is 2.